The summed E-state index contributed by atoms with van der Waals surface area (Å²) in [5.41, 5.74) is 9.83. The van der Waals surface area contributed by atoms with Crippen molar-refractivity contribution in [2.75, 3.05) is 20.8 Å². The topological polar surface area (TPSA) is 91.0 Å². The van der Waals surface area contributed by atoms with E-state index in [1.807, 2.05) is 25.1 Å². The number of aryl methyl sites for hydroxylation is 1. The Balaban J connectivity index is 2.21. The Morgan fingerprint density at radius 3 is 2.39 bits per heavy atom. The van der Waals surface area contributed by atoms with Crippen LogP contribution in [-0.4, -0.2) is 37.9 Å². The van der Waals surface area contributed by atoms with Gasteiger partial charge < -0.3 is 25.1 Å². The van der Waals surface area contributed by atoms with Crippen LogP contribution in [0, 0.1) is 6.92 Å². The molecule has 2 aromatic carbocycles. The quantitative estimate of drug-likeness (QED) is 0.607. The van der Waals surface area contributed by atoms with Gasteiger partial charge in [-0.3, -0.25) is 0 Å². The number of carbonyl (C=O) groups excluding carboxylic acids is 1. The Hall–Kier alpha value is -2.57. The lowest BCUT2D eigenvalue weighted by molar-refractivity contribution is -0.143. The van der Waals surface area contributed by atoms with Gasteiger partial charge in [0.05, 0.1) is 14.2 Å². The smallest absolute Gasteiger partial charge is 0.341 e. The number of benzene rings is 2. The van der Waals surface area contributed by atoms with E-state index in [1.54, 1.807) is 14.2 Å². The van der Waals surface area contributed by atoms with Gasteiger partial charge in [-0.25, -0.2) is 4.79 Å². The van der Waals surface area contributed by atoms with Gasteiger partial charge in [-0.1, -0.05) is 26.0 Å². The van der Waals surface area contributed by atoms with Crippen LogP contribution >= 0.6 is 0 Å². The lowest BCUT2D eigenvalue weighted by Crippen LogP contribution is -2.34. The third kappa shape index (κ3) is 3.12. The highest BCUT2D eigenvalue weighted by atomic mass is 16.5. The maximum Gasteiger partial charge on any atom is 0.341 e. The average Bonchev–Trinajstić information content (AvgIpc) is 2.68. The molecule has 0 saturated carbocycles. The molecule has 6 heteroatoms. The fraction of sp³-hybridized carbons (Fsp3) is 0.409. The van der Waals surface area contributed by atoms with Crippen molar-refractivity contribution in [1.29, 1.82) is 0 Å². The molecule has 0 radical (unpaired) electrons. The highest BCUT2D eigenvalue weighted by Crippen LogP contribution is 2.50. The Morgan fingerprint density at radius 1 is 1.14 bits per heavy atom. The van der Waals surface area contributed by atoms with Crippen LogP contribution in [0.25, 0.3) is 0 Å². The summed E-state index contributed by atoms with van der Waals surface area (Å²) in [7, 11) is 3.30. The maximum atomic E-state index is 12.2. The van der Waals surface area contributed by atoms with E-state index >= 15 is 0 Å². The van der Waals surface area contributed by atoms with Gasteiger partial charge in [0.1, 0.15) is 17.2 Å². The number of fused-ring (bicyclic) bond motifs is 2. The Morgan fingerprint density at radius 2 is 1.79 bits per heavy atom. The predicted molar refractivity (Wildman–Crippen MR) is 106 cm³/mol. The van der Waals surface area contributed by atoms with Crippen molar-refractivity contribution >= 4 is 5.97 Å². The molecule has 0 amide bonds. The van der Waals surface area contributed by atoms with Gasteiger partial charge in [0.15, 0.2) is 6.10 Å². The third-order valence-corrected chi connectivity index (χ3v) is 5.48. The first-order valence-electron chi connectivity index (χ1n) is 9.23. The molecule has 3 rings (SSSR count). The van der Waals surface area contributed by atoms with Gasteiger partial charge >= 0.3 is 5.97 Å². The zero-order valence-corrected chi connectivity index (χ0v) is 17.0. The minimum atomic E-state index is -1.35. The van der Waals surface area contributed by atoms with Crippen molar-refractivity contribution in [3.63, 3.8) is 0 Å². The number of nitrogens with two attached hydrogens (primary N) is 1. The van der Waals surface area contributed by atoms with E-state index in [2.05, 4.69) is 19.9 Å². The zero-order chi connectivity index (χ0) is 20.6. The molecule has 0 bridgehead atoms. The number of hydrogen-bond acceptors (Lipinski definition) is 6. The third-order valence-electron chi connectivity index (χ3n) is 5.48. The lowest BCUT2D eigenvalue weighted by atomic mass is 9.68. The SMILES string of the molecule is COc1ccc(OC)c2c1Cc1c(ccc(C)c1OC(=O)C(O)CN)C2(C)C. The van der Waals surface area contributed by atoms with Gasteiger partial charge in [0.2, 0.25) is 0 Å². The normalized spacial score (nSPS) is 15.2. The second-order valence-electron chi connectivity index (χ2n) is 7.54. The summed E-state index contributed by atoms with van der Waals surface area (Å²) < 4.78 is 16.8. The summed E-state index contributed by atoms with van der Waals surface area (Å²) in [4.78, 5) is 12.2. The molecule has 150 valence electrons. The number of aliphatic hydroxyl groups is 1. The number of aliphatic hydroxyl groups excluding tert-OH is 1. The Labute approximate surface area is 165 Å². The van der Waals surface area contributed by atoms with Crippen LogP contribution in [0.2, 0.25) is 0 Å². The first-order valence-corrected chi connectivity index (χ1v) is 9.23. The second kappa shape index (κ2) is 7.45. The van der Waals surface area contributed by atoms with Crippen LogP contribution in [0.3, 0.4) is 0 Å². The number of methoxy groups -OCH3 is 2. The molecular weight excluding hydrogens is 358 g/mol. The molecule has 3 N–H and O–H groups in total. The highest BCUT2D eigenvalue weighted by Gasteiger charge is 2.39. The summed E-state index contributed by atoms with van der Waals surface area (Å²) in [5.74, 6) is 1.28. The standard InChI is InChI=1S/C22H27NO5/c1-12-6-7-15-13(20(12)28-21(25)16(24)11-23)10-14-17(26-4)8-9-18(27-5)19(14)22(15,2)3/h6-9,16,24H,10-11,23H2,1-5H3. The second-order valence-corrected chi connectivity index (χ2v) is 7.54. The summed E-state index contributed by atoms with van der Waals surface area (Å²) in [6, 6.07) is 7.79. The Bertz CT molecular complexity index is 920. The van der Waals surface area contributed by atoms with Gasteiger partial charge in [0.25, 0.3) is 0 Å². The van der Waals surface area contributed by atoms with Crippen molar-refractivity contribution < 1.29 is 24.1 Å². The molecule has 1 aliphatic carbocycles. The number of carbonyl (C=O) groups is 1. The lowest BCUT2D eigenvalue weighted by Gasteiger charge is -2.37. The van der Waals surface area contributed by atoms with Crippen LogP contribution in [0.4, 0.5) is 0 Å². The fourth-order valence-electron chi connectivity index (χ4n) is 4.05. The van der Waals surface area contributed by atoms with Crippen molar-refractivity contribution in [2.24, 2.45) is 5.73 Å². The summed E-state index contributed by atoms with van der Waals surface area (Å²) in [6.07, 6.45) is -0.828. The van der Waals surface area contributed by atoms with E-state index in [0.717, 1.165) is 39.3 Å². The number of ether oxygens (including phenoxy) is 3. The highest BCUT2D eigenvalue weighted by molar-refractivity contribution is 5.78. The largest absolute Gasteiger partial charge is 0.496 e. The molecule has 0 aromatic heterocycles. The van der Waals surface area contributed by atoms with Gasteiger partial charge in [0, 0.05) is 35.1 Å². The van der Waals surface area contributed by atoms with Crippen LogP contribution < -0.4 is 19.9 Å². The molecule has 28 heavy (non-hydrogen) atoms. The molecule has 0 aliphatic heterocycles. The van der Waals surface area contributed by atoms with E-state index in [-0.39, 0.29) is 6.54 Å². The Kier molecular flexibility index (Phi) is 5.37. The van der Waals surface area contributed by atoms with E-state index in [1.165, 1.54) is 0 Å². The maximum absolute atomic E-state index is 12.2. The number of rotatable bonds is 5. The average molecular weight is 385 g/mol. The number of hydrogen-bond donors (Lipinski definition) is 2. The summed E-state index contributed by atoms with van der Waals surface area (Å²) in [5, 5.41) is 9.76. The molecule has 1 aliphatic rings. The molecule has 0 spiro atoms. The molecule has 1 unspecified atom stereocenters. The molecule has 1 atom stereocenters. The van der Waals surface area contributed by atoms with E-state index in [0.29, 0.717) is 12.2 Å². The van der Waals surface area contributed by atoms with E-state index < -0.39 is 17.5 Å². The molecule has 0 saturated heterocycles. The fourth-order valence-corrected chi connectivity index (χ4v) is 4.05. The van der Waals surface area contributed by atoms with Crippen LogP contribution in [0.15, 0.2) is 24.3 Å². The van der Waals surface area contributed by atoms with Gasteiger partial charge in [-0.2, -0.15) is 0 Å². The molecular formula is C22H27NO5. The predicted octanol–water partition coefficient (Wildman–Crippen LogP) is 2.47. The molecule has 6 nitrogen and oxygen atoms in total. The first kappa shape index (κ1) is 20.2. The van der Waals surface area contributed by atoms with Crippen LogP contribution in [0.5, 0.6) is 17.2 Å². The van der Waals surface area contributed by atoms with E-state index in [4.69, 9.17) is 19.9 Å². The molecule has 0 heterocycles. The number of esters is 1. The van der Waals surface area contributed by atoms with E-state index in [9.17, 15) is 9.90 Å². The minimum absolute atomic E-state index is 0.188. The summed E-state index contributed by atoms with van der Waals surface area (Å²) >= 11 is 0. The first-order chi connectivity index (χ1) is 13.3. The monoisotopic (exact) mass is 385 g/mol. The van der Waals surface area contributed by atoms with Crippen LogP contribution in [0.1, 0.15) is 41.7 Å². The molecule has 0 fully saturated rings. The minimum Gasteiger partial charge on any atom is -0.496 e. The summed E-state index contributed by atoms with van der Waals surface area (Å²) in [6.45, 7) is 5.91. The molecule has 2 aromatic rings. The van der Waals surface area contributed by atoms with Crippen molar-refractivity contribution in [3.8, 4) is 17.2 Å². The zero-order valence-electron chi connectivity index (χ0n) is 17.0. The van der Waals surface area contributed by atoms with Crippen molar-refractivity contribution in [3.05, 3.63) is 52.1 Å². The van der Waals surface area contributed by atoms with Gasteiger partial charge in [-0.05, 0) is 30.2 Å². The van der Waals surface area contributed by atoms with Crippen molar-refractivity contribution in [2.45, 2.75) is 38.7 Å². The van der Waals surface area contributed by atoms with Crippen LogP contribution in [-0.2, 0) is 16.6 Å². The van der Waals surface area contributed by atoms with Crippen molar-refractivity contribution in [1.82, 2.24) is 0 Å². The van der Waals surface area contributed by atoms with Gasteiger partial charge in [-0.15, -0.1) is 0 Å².